The number of rotatable bonds is 6. The zero-order valence-electron chi connectivity index (χ0n) is 17.6. The summed E-state index contributed by atoms with van der Waals surface area (Å²) in [5.74, 6) is 0.243. The highest BCUT2D eigenvalue weighted by Gasteiger charge is 2.16. The van der Waals surface area contributed by atoms with Gasteiger partial charge in [-0.05, 0) is 25.0 Å². The Balaban J connectivity index is 1.59. The van der Waals surface area contributed by atoms with Gasteiger partial charge in [0.15, 0.2) is 5.65 Å². The Morgan fingerprint density at radius 2 is 1.74 bits per heavy atom. The average molecular weight is 413 g/mol. The molecule has 31 heavy (non-hydrogen) atoms. The van der Waals surface area contributed by atoms with E-state index in [9.17, 15) is 0 Å². The first-order valence-electron chi connectivity index (χ1n) is 10.4. The molecule has 0 amide bonds. The maximum absolute atomic E-state index is 5.90. The zero-order valence-corrected chi connectivity index (χ0v) is 17.6. The van der Waals surface area contributed by atoms with Crippen LogP contribution in [-0.2, 0) is 6.54 Å². The first-order chi connectivity index (χ1) is 15.2. The van der Waals surface area contributed by atoms with Crippen molar-refractivity contribution in [2.75, 3.05) is 5.73 Å². The second kappa shape index (κ2) is 7.71. The van der Waals surface area contributed by atoms with Crippen LogP contribution < -0.4 is 5.73 Å². The highest BCUT2D eigenvalue weighted by Crippen LogP contribution is 2.31. The monoisotopic (exact) mass is 412 g/mol. The molecule has 4 aromatic heterocycles. The van der Waals surface area contributed by atoms with Gasteiger partial charge in [-0.15, -0.1) is 5.10 Å². The van der Waals surface area contributed by atoms with Crippen LogP contribution in [0.1, 0.15) is 31.9 Å². The van der Waals surface area contributed by atoms with E-state index in [2.05, 4.69) is 70.7 Å². The molecule has 0 saturated carbocycles. The van der Waals surface area contributed by atoms with Crippen LogP contribution in [-0.4, -0.2) is 34.2 Å². The van der Waals surface area contributed by atoms with Crippen LogP contribution in [0.25, 0.3) is 27.9 Å². The van der Waals surface area contributed by atoms with Crippen LogP contribution in [0, 0.1) is 0 Å². The van der Waals surface area contributed by atoms with Gasteiger partial charge < -0.3 is 5.73 Å². The number of hydrogen-bond acceptors (Lipinski definition) is 5. The van der Waals surface area contributed by atoms with Gasteiger partial charge in [-0.25, -0.2) is 4.52 Å². The fraction of sp³-hybridized carbons (Fsp3) is 0.217. The maximum atomic E-state index is 5.90. The van der Waals surface area contributed by atoms with Crippen molar-refractivity contribution in [3.8, 4) is 22.3 Å². The molecule has 0 fully saturated rings. The summed E-state index contributed by atoms with van der Waals surface area (Å²) in [5, 5.41) is 13.4. The third kappa shape index (κ3) is 3.46. The van der Waals surface area contributed by atoms with E-state index in [4.69, 9.17) is 5.73 Å². The van der Waals surface area contributed by atoms with Crippen molar-refractivity contribution in [3.63, 3.8) is 0 Å². The van der Waals surface area contributed by atoms with E-state index in [-0.39, 0.29) is 12.0 Å². The molecular weight excluding hydrogens is 388 g/mol. The molecule has 5 aromatic rings. The molecule has 0 saturated heterocycles. The Morgan fingerprint density at radius 3 is 2.48 bits per heavy atom. The molecule has 5 rings (SSSR count). The molecule has 1 atom stereocenters. The second-order valence-corrected chi connectivity index (χ2v) is 7.51. The standard InChI is InChI=1S/C23H24N8/c1-3-21(16-8-6-5-7-9-16)30-15-18(11-26-30)17-10-20(19-12-25-29(4-2)13-19)22-27-23(24)28-31(22)14-17/h5-15,21H,3-4H2,1-2H3,(H2,24,28). The van der Waals surface area contributed by atoms with Gasteiger partial charge in [-0.1, -0.05) is 37.3 Å². The number of aromatic nitrogens is 7. The largest absolute Gasteiger partial charge is 0.366 e. The Kier molecular flexibility index (Phi) is 4.74. The highest BCUT2D eigenvalue weighted by atomic mass is 15.3. The quantitative estimate of drug-likeness (QED) is 0.454. The van der Waals surface area contributed by atoms with Crippen molar-refractivity contribution in [3.05, 3.63) is 72.9 Å². The maximum Gasteiger partial charge on any atom is 0.240 e. The molecule has 0 aliphatic rings. The van der Waals surface area contributed by atoms with Crippen molar-refractivity contribution in [2.45, 2.75) is 32.9 Å². The number of fused-ring (bicyclic) bond motifs is 1. The van der Waals surface area contributed by atoms with Crippen molar-refractivity contribution in [1.82, 2.24) is 34.2 Å². The lowest BCUT2D eigenvalue weighted by molar-refractivity contribution is 0.509. The van der Waals surface area contributed by atoms with E-state index in [0.717, 1.165) is 35.2 Å². The van der Waals surface area contributed by atoms with Gasteiger partial charge >= 0.3 is 0 Å². The molecule has 1 aromatic carbocycles. The topological polar surface area (TPSA) is 91.8 Å². The van der Waals surface area contributed by atoms with Crippen molar-refractivity contribution < 1.29 is 0 Å². The predicted molar refractivity (Wildman–Crippen MR) is 120 cm³/mol. The number of pyridine rings is 1. The predicted octanol–water partition coefficient (Wildman–Crippen LogP) is 4.06. The normalized spacial score (nSPS) is 12.5. The molecular formula is C23H24N8. The minimum Gasteiger partial charge on any atom is -0.366 e. The third-order valence-corrected chi connectivity index (χ3v) is 5.54. The van der Waals surface area contributed by atoms with Crippen LogP contribution in [0.15, 0.2) is 67.4 Å². The van der Waals surface area contributed by atoms with Gasteiger partial charge in [0.25, 0.3) is 0 Å². The summed E-state index contributed by atoms with van der Waals surface area (Å²) < 4.78 is 5.65. The molecule has 0 aliphatic heterocycles. The molecule has 0 bridgehead atoms. The number of aryl methyl sites for hydroxylation is 1. The summed E-state index contributed by atoms with van der Waals surface area (Å²) in [6.07, 6.45) is 10.7. The number of nitrogen functional groups attached to an aromatic ring is 1. The first kappa shape index (κ1) is 19.0. The molecule has 156 valence electrons. The number of nitrogens with zero attached hydrogens (tertiary/aromatic N) is 7. The SMILES string of the molecule is CCC(c1ccccc1)n1cc(-c2cc(-c3cnn(CC)c3)c3nc(N)nn3c2)cn1. The van der Waals surface area contributed by atoms with Gasteiger partial charge in [-0.2, -0.15) is 15.2 Å². The molecule has 0 radical (unpaired) electrons. The molecule has 0 aliphatic carbocycles. The van der Waals surface area contributed by atoms with Crippen LogP contribution >= 0.6 is 0 Å². The molecule has 4 heterocycles. The number of benzene rings is 1. The summed E-state index contributed by atoms with van der Waals surface area (Å²) in [6.45, 7) is 5.03. The third-order valence-electron chi connectivity index (χ3n) is 5.54. The summed E-state index contributed by atoms with van der Waals surface area (Å²) in [7, 11) is 0. The van der Waals surface area contributed by atoms with Crippen molar-refractivity contribution >= 4 is 11.6 Å². The van der Waals surface area contributed by atoms with Gasteiger partial charge in [0.05, 0.1) is 18.4 Å². The van der Waals surface area contributed by atoms with Gasteiger partial charge in [0.1, 0.15) is 0 Å². The molecule has 1 unspecified atom stereocenters. The Hall–Kier alpha value is -3.94. The summed E-state index contributed by atoms with van der Waals surface area (Å²) in [5.41, 5.74) is 11.8. The molecule has 0 spiro atoms. The Labute approximate surface area is 180 Å². The van der Waals surface area contributed by atoms with Gasteiger partial charge in [0.2, 0.25) is 5.95 Å². The van der Waals surface area contributed by atoms with Crippen LogP contribution in [0.3, 0.4) is 0 Å². The lowest BCUT2D eigenvalue weighted by Gasteiger charge is -2.15. The molecule has 8 heteroatoms. The van der Waals surface area contributed by atoms with Crippen molar-refractivity contribution in [2.24, 2.45) is 0 Å². The summed E-state index contributed by atoms with van der Waals surface area (Å²) in [6, 6.07) is 12.7. The van der Waals surface area contributed by atoms with Crippen LogP contribution in [0.2, 0.25) is 0 Å². The van der Waals surface area contributed by atoms with Gasteiger partial charge in [0, 0.05) is 47.4 Å². The smallest absolute Gasteiger partial charge is 0.240 e. The lowest BCUT2D eigenvalue weighted by atomic mass is 10.0. The fourth-order valence-corrected chi connectivity index (χ4v) is 3.96. The summed E-state index contributed by atoms with van der Waals surface area (Å²) in [4.78, 5) is 4.42. The lowest BCUT2D eigenvalue weighted by Crippen LogP contribution is -2.09. The van der Waals surface area contributed by atoms with Crippen molar-refractivity contribution in [1.29, 1.82) is 0 Å². The van der Waals surface area contributed by atoms with Gasteiger partial charge in [-0.3, -0.25) is 9.36 Å². The van der Waals surface area contributed by atoms with E-state index in [1.807, 2.05) is 40.2 Å². The average Bonchev–Trinajstić information content (AvgIpc) is 3.53. The van der Waals surface area contributed by atoms with E-state index in [1.54, 1.807) is 4.52 Å². The van der Waals surface area contributed by atoms with E-state index >= 15 is 0 Å². The van der Waals surface area contributed by atoms with Crippen LogP contribution in [0.5, 0.6) is 0 Å². The van der Waals surface area contributed by atoms with E-state index in [1.165, 1.54) is 5.56 Å². The van der Waals surface area contributed by atoms with E-state index in [0.29, 0.717) is 5.65 Å². The Bertz CT molecular complexity index is 1330. The highest BCUT2D eigenvalue weighted by molar-refractivity contribution is 5.81. The first-order valence-corrected chi connectivity index (χ1v) is 10.4. The molecule has 8 nitrogen and oxygen atoms in total. The van der Waals surface area contributed by atoms with E-state index < -0.39 is 0 Å². The van der Waals surface area contributed by atoms with Crippen LogP contribution in [0.4, 0.5) is 5.95 Å². The number of nitrogens with two attached hydrogens (primary N) is 1. The minimum atomic E-state index is 0.183. The minimum absolute atomic E-state index is 0.183. The fourth-order valence-electron chi connectivity index (χ4n) is 3.96. The molecule has 2 N–H and O–H groups in total. The zero-order chi connectivity index (χ0) is 21.4. The summed E-state index contributed by atoms with van der Waals surface area (Å²) >= 11 is 0. The Morgan fingerprint density at radius 1 is 0.935 bits per heavy atom. The number of hydrogen-bond donors (Lipinski definition) is 1. The number of anilines is 1. The second-order valence-electron chi connectivity index (χ2n) is 7.51.